The van der Waals surface area contributed by atoms with Gasteiger partial charge in [-0.2, -0.15) is 0 Å². The van der Waals surface area contributed by atoms with Gasteiger partial charge in [-0.1, -0.05) is 11.6 Å². The van der Waals surface area contributed by atoms with Gasteiger partial charge in [-0.05, 0) is 36.2 Å². The number of rotatable bonds is 3. The molecular weight excluding hydrogens is 264 g/mol. The second-order valence-electron chi connectivity index (χ2n) is 3.56. The predicted molar refractivity (Wildman–Crippen MR) is 66.6 cm³/mol. The van der Waals surface area contributed by atoms with E-state index in [1.807, 2.05) is 5.38 Å². The highest BCUT2D eigenvalue weighted by molar-refractivity contribution is 7.10. The van der Waals surface area contributed by atoms with Crippen LogP contribution in [0.2, 0.25) is 5.02 Å². The summed E-state index contributed by atoms with van der Waals surface area (Å²) in [6, 6.07) is 4.93. The Bertz CT molecular complexity index is 507. The highest BCUT2D eigenvalue weighted by Gasteiger charge is 2.17. The maximum absolute atomic E-state index is 13.2. The van der Waals surface area contributed by atoms with Gasteiger partial charge in [0, 0.05) is 10.9 Å². The molecule has 0 saturated carbocycles. The summed E-state index contributed by atoms with van der Waals surface area (Å²) in [6.45, 7) is 0. The van der Waals surface area contributed by atoms with Gasteiger partial charge in [-0.15, -0.1) is 11.3 Å². The van der Waals surface area contributed by atoms with E-state index < -0.39 is 11.6 Å². The molecule has 0 spiro atoms. The molecule has 0 radical (unpaired) electrons. The molecule has 1 nitrogen and oxygen atoms in total. The Hall–Kier alpha value is -0.970. The average molecular weight is 274 g/mol. The van der Waals surface area contributed by atoms with E-state index >= 15 is 0 Å². The SMILES string of the molecule is CNC(c1cc(F)cc(F)c1)c1sccc1Cl. The Morgan fingerprint density at radius 3 is 2.35 bits per heavy atom. The zero-order valence-corrected chi connectivity index (χ0v) is 10.6. The molecule has 2 aromatic rings. The van der Waals surface area contributed by atoms with Gasteiger partial charge in [0.2, 0.25) is 0 Å². The van der Waals surface area contributed by atoms with Crippen molar-refractivity contribution in [3.05, 3.63) is 56.7 Å². The van der Waals surface area contributed by atoms with Crippen LogP contribution in [0.25, 0.3) is 0 Å². The Kier molecular flexibility index (Phi) is 3.76. The third-order valence-corrected chi connectivity index (χ3v) is 3.84. The maximum atomic E-state index is 13.2. The lowest BCUT2D eigenvalue weighted by Crippen LogP contribution is -2.17. The number of nitrogens with one attached hydrogen (secondary N) is 1. The van der Waals surface area contributed by atoms with E-state index in [9.17, 15) is 8.78 Å². The summed E-state index contributed by atoms with van der Waals surface area (Å²) in [5.41, 5.74) is 0.523. The minimum absolute atomic E-state index is 0.298. The normalized spacial score (nSPS) is 12.7. The van der Waals surface area contributed by atoms with Gasteiger partial charge in [0.15, 0.2) is 0 Å². The van der Waals surface area contributed by atoms with Crippen LogP contribution >= 0.6 is 22.9 Å². The fourth-order valence-electron chi connectivity index (χ4n) is 1.70. The quantitative estimate of drug-likeness (QED) is 0.892. The Morgan fingerprint density at radius 1 is 1.24 bits per heavy atom. The first kappa shape index (κ1) is 12.5. The van der Waals surface area contributed by atoms with Crippen LogP contribution in [-0.2, 0) is 0 Å². The van der Waals surface area contributed by atoms with E-state index in [1.54, 1.807) is 13.1 Å². The van der Waals surface area contributed by atoms with Crippen molar-refractivity contribution >= 4 is 22.9 Å². The number of thiophene rings is 1. The molecule has 1 aromatic carbocycles. The summed E-state index contributed by atoms with van der Waals surface area (Å²) in [5.74, 6) is -1.18. The number of hydrogen-bond acceptors (Lipinski definition) is 2. The van der Waals surface area contributed by atoms with E-state index in [-0.39, 0.29) is 6.04 Å². The zero-order valence-electron chi connectivity index (χ0n) is 9.01. The van der Waals surface area contributed by atoms with E-state index in [1.165, 1.54) is 23.5 Å². The molecule has 90 valence electrons. The van der Waals surface area contributed by atoms with Gasteiger partial charge in [0.05, 0.1) is 11.1 Å². The van der Waals surface area contributed by atoms with Gasteiger partial charge in [0.25, 0.3) is 0 Å². The number of halogens is 3. The van der Waals surface area contributed by atoms with Crippen LogP contribution in [0.4, 0.5) is 8.78 Å². The first-order chi connectivity index (χ1) is 8.11. The molecular formula is C12H10ClF2NS. The summed E-state index contributed by atoms with van der Waals surface area (Å²) in [5, 5.41) is 5.45. The molecule has 17 heavy (non-hydrogen) atoms. The van der Waals surface area contributed by atoms with Crippen molar-refractivity contribution in [2.75, 3.05) is 7.05 Å². The standard InChI is InChI=1S/C12H10ClF2NS/c1-16-11(12-10(13)2-3-17-12)7-4-8(14)6-9(15)5-7/h2-6,11,16H,1H3. The van der Waals surface area contributed by atoms with Crippen LogP contribution < -0.4 is 5.32 Å². The summed E-state index contributed by atoms with van der Waals surface area (Å²) in [7, 11) is 1.73. The van der Waals surface area contributed by atoms with Crippen molar-refractivity contribution < 1.29 is 8.78 Å². The van der Waals surface area contributed by atoms with Crippen LogP contribution in [0.15, 0.2) is 29.6 Å². The Balaban J connectivity index is 2.45. The lowest BCUT2D eigenvalue weighted by atomic mass is 10.1. The zero-order chi connectivity index (χ0) is 12.4. The largest absolute Gasteiger partial charge is 0.309 e. The maximum Gasteiger partial charge on any atom is 0.126 e. The van der Waals surface area contributed by atoms with Crippen molar-refractivity contribution in [3.8, 4) is 0 Å². The van der Waals surface area contributed by atoms with E-state index in [4.69, 9.17) is 11.6 Å². The highest BCUT2D eigenvalue weighted by atomic mass is 35.5. The lowest BCUT2D eigenvalue weighted by molar-refractivity contribution is 0.572. The van der Waals surface area contributed by atoms with E-state index in [2.05, 4.69) is 5.32 Å². The number of hydrogen-bond donors (Lipinski definition) is 1. The van der Waals surface area contributed by atoms with Crippen LogP contribution in [0.5, 0.6) is 0 Å². The fourth-order valence-corrected chi connectivity index (χ4v) is 3.00. The molecule has 1 unspecified atom stereocenters. The molecule has 0 bridgehead atoms. The smallest absolute Gasteiger partial charge is 0.126 e. The predicted octanol–water partition coefficient (Wildman–Crippen LogP) is 3.99. The molecule has 1 atom stereocenters. The van der Waals surface area contributed by atoms with Crippen LogP contribution in [0.1, 0.15) is 16.5 Å². The molecule has 0 saturated heterocycles. The summed E-state index contributed by atoms with van der Waals surface area (Å²) < 4.78 is 26.3. The minimum Gasteiger partial charge on any atom is -0.309 e. The summed E-state index contributed by atoms with van der Waals surface area (Å²) >= 11 is 7.48. The topological polar surface area (TPSA) is 12.0 Å². The molecule has 0 amide bonds. The van der Waals surface area contributed by atoms with Crippen LogP contribution in [0.3, 0.4) is 0 Å². The van der Waals surface area contributed by atoms with Crippen molar-refractivity contribution in [1.82, 2.24) is 5.32 Å². The first-order valence-corrected chi connectivity index (χ1v) is 6.23. The molecule has 0 aliphatic carbocycles. The molecule has 0 fully saturated rings. The van der Waals surface area contributed by atoms with Crippen molar-refractivity contribution in [2.24, 2.45) is 0 Å². The van der Waals surface area contributed by atoms with E-state index in [0.717, 1.165) is 10.9 Å². The molecule has 0 aliphatic heterocycles. The van der Waals surface area contributed by atoms with Gasteiger partial charge in [-0.25, -0.2) is 8.78 Å². The monoisotopic (exact) mass is 273 g/mol. The molecule has 1 aromatic heterocycles. The second kappa shape index (κ2) is 5.12. The average Bonchev–Trinajstić information content (AvgIpc) is 2.65. The van der Waals surface area contributed by atoms with E-state index in [0.29, 0.717) is 10.6 Å². The molecule has 1 N–H and O–H groups in total. The van der Waals surface area contributed by atoms with Gasteiger partial charge >= 0.3 is 0 Å². The minimum atomic E-state index is -0.590. The molecule has 2 rings (SSSR count). The molecule has 5 heteroatoms. The van der Waals surface area contributed by atoms with Crippen LogP contribution in [-0.4, -0.2) is 7.05 Å². The third kappa shape index (κ3) is 2.65. The lowest BCUT2D eigenvalue weighted by Gasteiger charge is -2.16. The van der Waals surface area contributed by atoms with Gasteiger partial charge < -0.3 is 5.32 Å². The Morgan fingerprint density at radius 2 is 1.88 bits per heavy atom. The summed E-state index contributed by atoms with van der Waals surface area (Å²) in [4.78, 5) is 0.846. The first-order valence-electron chi connectivity index (χ1n) is 4.98. The third-order valence-electron chi connectivity index (χ3n) is 2.41. The van der Waals surface area contributed by atoms with Crippen molar-refractivity contribution in [2.45, 2.75) is 6.04 Å². The fraction of sp³-hybridized carbons (Fsp3) is 0.167. The van der Waals surface area contributed by atoms with Crippen molar-refractivity contribution in [3.63, 3.8) is 0 Å². The summed E-state index contributed by atoms with van der Waals surface area (Å²) in [6.07, 6.45) is 0. The highest BCUT2D eigenvalue weighted by Crippen LogP contribution is 2.33. The van der Waals surface area contributed by atoms with Crippen molar-refractivity contribution in [1.29, 1.82) is 0 Å². The Labute approximate surface area is 107 Å². The van der Waals surface area contributed by atoms with Gasteiger partial charge in [0.1, 0.15) is 11.6 Å². The molecule has 0 aliphatic rings. The second-order valence-corrected chi connectivity index (χ2v) is 4.91. The molecule has 1 heterocycles. The van der Waals surface area contributed by atoms with Gasteiger partial charge in [-0.3, -0.25) is 0 Å². The number of benzene rings is 1. The van der Waals surface area contributed by atoms with Crippen LogP contribution in [0, 0.1) is 11.6 Å².